The van der Waals surface area contributed by atoms with Crippen molar-refractivity contribution in [1.82, 2.24) is 15.1 Å². The fourth-order valence-electron chi connectivity index (χ4n) is 2.92. The lowest BCUT2D eigenvalue weighted by Crippen LogP contribution is -2.61. The number of ether oxygens (including phenoxy) is 1. The number of amides is 1. The smallest absolute Gasteiger partial charge is 0.410 e. The number of hydrogen-bond acceptors (Lipinski definition) is 4. The van der Waals surface area contributed by atoms with Gasteiger partial charge in [-0.1, -0.05) is 6.92 Å². The summed E-state index contributed by atoms with van der Waals surface area (Å²) in [5.74, 6) is 0.795. The maximum atomic E-state index is 11.8. The van der Waals surface area contributed by atoms with Crippen LogP contribution in [-0.2, 0) is 4.74 Å². The standard InChI is InChI=1S/C16H31N3O2/c1-5-18-8-6-13(7-9-18)10-17-14-11-19(12-14)15(20)21-16(2,3)4/h13-14,17H,5-12H2,1-4H3. The average Bonchev–Trinajstić information content (AvgIpc) is 2.35. The first-order chi connectivity index (χ1) is 9.87. The zero-order valence-corrected chi connectivity index (χ0v) is 14.0. The number of likely N-dealkylation sites (tertiary alicyclic amines) is 2. The van der Waals surface area contributed by atoms with Crippen LogP contribution in [0, 0.1) is 5.92 Å². The Morgan fingerprint density at radius 3 is 2.38 bits per heavy atom. The maximum absolute atomic E-state index is 11.8. The monoisotopic (exact) mass is 297 g/mol. The molecule has 0 aromatic rings. The number of nitrogens with zero attached hydrogens (tertiary/aromatic N) is 2. The van der Waals surface area contributed by atoms with Crippen molar-refractivity contribution in [2.45, 2.75) is 52.2 Å². The van der Waals surface area contributed by atoms with Gasteiger partial charge in [0.1, 0.15) is 5.60 Å². The molecular weight excluding hydrogens is 266 g/mol. The Morgan fingerprint density at radius 2 is 1.86 bits per heavy atom. The Morgan fingerprint density at radius 1 is 1.24 bits per heavy atom. The lowest BCUT2D eigenvalue weighted by atomic mass is 9.96. The fraction of sp³-hybridized carbons (Fsp3) is 0.938. The molecule has 0 radical (unpaired) electrons. The molecule has 2 aliphatic rings. The van der Waals surface area contributed by atoms with E-state index in [0.29, 0.717) is 6.04 Å². The lowest BCUT2D eigenvalue weighted by Gasteiger charge is -2.41. The number of piperidine rings is 1. The third-order valence-electron chi connectivity index (χ3n) is 4.38. The topological polar surface area (TPSA) is 44.8 Å². The maximum Gasteiger partial charge on any atom is 0.410 e. The number of carbonyl (C=O) groups excluding carboxylic acids is 1. The molecule has 2 fully saturated rings. The zero-order valence-electron chi connectivity index (χ0n) is 14.0. The van der Waals surface area contributed by atoms with Crippen molar-refractivity contribution in [3.8, 4) is 0 Å². The highest BCUT2D eigenvalue weighted by Crippen LogP contribution is 2.18. The Labute approximate surface area is 129 Å². The molecule has 1 N–H and O–H groups in total. The van der Waals surface area contributed by atoms with Crippen LogP contribution in [0.1, 0.15) is 40.5 Å². The Kier molecular flexibility index (Phi) is 5.49. The van der Waals surface area contributed by atoms with Gasteiger partial charge in [0.2, 0.25) is 0 Å². The van der Waals surface area contributed by atoms with Crippen LogP contribution < -0.4 is 5.32 Å². The molecule has 2 saturated heterocycles. The number of rotatable bonds is 4. The molecule has 5 heteroatoms. The molecule has 2 rings (SSSR count). The van der Waals surface area contributed by atoms with Crippen LogP contribution in [0.4, 0.5) is 4.79 Å². The van der Waals surface area contributed by atoms with Crippen molar-refractivity contribution in [2.75, 3.05) is 39.3 Å². The van der Waals surface area contributed by atoms with E-state index in [2.05, 4.69) is 17.1 Å². The molecule has 5 nitrogen and oxygen atoms in total. The van der Waals surface area contributed by atoms with E-state index in [1.807, 2.05) is 20.8 Å². The van der Waals surface area contributed by atoms with Crippen molar-refractivity contribution in [3.63, 3.8) is 0 Å². The molecule has 0 saturated carbocycles. The Hall–Kier alpha value is -0.810. The van der Waals surface area contributed by atoms with Crippen LogP contribution in [0.25, 0.3) is 0 Å². The van der Waals surface area contributed by atoms with Crippen molar-refractivity contribution >= 4 is 6.09 Å². The highest BCUT2D eigenvalue weighted by Gasteiger charge is 2.33. The first-order valence-corrected chi connectivity index (χ1v) is 8.31. The Balaban J connectivity index is 1.58. The third-order valence-corrected chi connectivity index (χ3v) is 4.38. The molecular formula is C16H31N3O2. The van der Waals surface area contributed by atoms with E-state index in [-0.39, 0.29) is 6.09 Å². The van der Waals surface area contributed by atoms with Crippen LogP contribution in [0.3, 0.4) is 0 Å². The first kappa shape index (κ1) is 16.6. The first-order valence-electron chi connectivity index (χ1n) is 8.31. The second-order valence-electron chi connectivity index (χ2n) is 7.37. The summed E-state index contributed by atoms with van der Waals surface area (Å²) in [6.45, 7) is 14.2. The quantitative estimate of drug-likeness (QED) is 0.861. The molecule has 0 aromatic carbocycles. The number of carbonyl (C=O) groups is 1. The van der Waals surface area contributed by atoms with Gasteiger partial charge in [-0.05, 0) is 65.7 Å². The molecule has 2 heterocycles. The van der Waals surface area contributed by atoms with Gasteiger partial charge < -0.3 is 19.9 Å². The fourth-order valence-corrected chi connectivity index (χ4v) is 2.92. The van der Waals surface area contributed by atoms with Crippen LogP contribution in [0.2, 0.25) is 0 Å². The largest absolute Gasteiger partial charge is 0.444 e. The Bertz CT molecular complexity index is 340. The van der Waals surface area contributed by atoms with Gasteiger partial charge in [-0.25, -0.2) is 4.79 Å². The number of nitrogens with one attached hydrogen (secondary N) is 1. The molecule has 0 bridgehead atoms. The van der Waals surface area contributed by atoms with Gasteiger partial charge >= 0.3 is 6.09 Å². The van der Waals surface area contributed by atoms with Gasteiger partial charge in [0, 0.05) is 19.1 Å². The normalized spacial score (nSPS) is 22.2. The molecule has 1 amide bonds. The van der Waals surface area contributed by atoms with E-state index in [0.717, 1.165) is 25.6 Å². The van der Waals surface area contributed by atoms with Gasteiger partial charge in [0.05, 0.1) is 0 Å². The summed E-state index contributed by atoms with van der Waals surface area (Å²) in [7, 11) is 0. The van der Waals surface area contributed by atoms with E-state index in [1.54, 1.807) is 4.90 Å². The van der Waals surface area contributed by atoms with Crippen LogP contribution in [-0.4, -0.2) is 66.8 Å². The lowest BCUT2D eigenvalue weighted by molar-refractivity contribution is 0.00473. The van der Waals surface area contributed by atoms with Crippen molar-refractivity contribution < 1.29 is 9.53 Å². The summed E-state index contributed by atoms with van der Waals surface area (Å²) >= 11 is 0. The summed E-state index contributed by atoms with van der Waals surface area (Å²) in [5.41, 5.74) is -0.400. The molecule has 0 spiro atoms. The summed E-state index contributed by atoms with van der Waals surface area (Å²) in [5, 5.41) is 3.60. The van der Waals surface area contributed by atoms with Gasteiger partial charge in [-0.3, -0.25) is 0 Å². The van der Waals surface area contributed by atoms with Gasteiger partial charge in [-0.2, -0.15) is 0 Å². The minimum absolute atomic E-state index is 0.184. The molecule has 2 aliphatic heterocycles. The minimum atomic E-state index is -0.400. The average molecular weight is 297 g/mol. The summed E-state index contributed by atoms with van der Waals surface area (Å²) in [6, 6.07) is 0.446. The van der Waals surface area contributed by atoms with Gasteiger partial charge in [-0.15, -0.1) is 0 Å². The van der Waals surface area contributed by atoms with Crippen molar-refractivity contribution in [1.29, 1.82) is 0 Å². The summed E-state index contributed by atoms with van der Waals surface area (Å²) in [6.07, 6.45) is 2.41. The van der Waals surface area contributed by atoms with E-state index in [9.17, 15) is 4.79 Å². The second kappa shape index (κ2) is 6.97. The highest BCUT2D eigenvalue weighted by atomic mass is 16.6. The van der Waals surface area contributed by atoms with Crippen molar-refractivity contribution in [3.05, 3.63) is 0 Å². The molecule has 0 atom stereocenters. The summed E-state index contributed by atoms with van der Waals surface area (Å²) < 4.78 is 5.36. The molecule has 0 aliphatic carbocycles. The van der Waals surface area contributed by atoms with Crippen LogP contribution in [0.15, 0.2) is 0 Å². The molecule has 122 valence electrons. The van der Waals surface area contributed by atoms with E-state index < -0.39 is 5.60 Å². The number of hydrogen-bond donors (Lipinski definition) is 1. The van der Waals surface area contributed by atoms with Gasteiger partial charge in [0.25, 0.3) is 0 Å². The van der Waals surface area contributed by atoms with Crippen molar-refractivity contribution in [2.24, 2.45) is 5.92 Å². The van der Waals surface area contributed by atoms with Crippen LogP contribution >= 0.6 is 0 Å². The predicted octanol–water partition coefficient (Wildman–Crippen LogP) is 1.93. The molecule has 21 heavy (non-hydrogen) atoms. The SMILES string of the molecule is CCN1CCC(CNC2CN(C(=O)OC(C)(C)C)C2)CC1. The summed E-state index contributed by atoms with van der Waals surface area (Å²) in [4.78, 5) is 16.1. The minimum Gasteiger partial charge on any atom is -0.444 e. The predicted molar refractivity (Wildman–Crippen MR) is 84.4 cm³/mol. The van der Waals surface area contributed by atoms with E-state index >= 15 is 0 Å². The highest BCUT2D eigenvalue weighted by molar-refractivity contribution is 5.69. The zero-order chi connectivity index (χ0) is 15.5. The van der Waals surface area contributed by atoms with Crippen LogP contribution in [0.5, 0.6) is 0 Å². The third kappa shape index (κ3) is 5.15. The molecule has 0 unspecified atom stereocenters. The second-order valence-corrected chi connectivity index (χ2v) is 7.37. The van der Waals surface area contributed by atoms with E-state index in [1.165, 1.54) is 32.5 Å². The molecule has 0 aromatic heterocycles. The van der Waals surface area contributed by atoms with E-state index in [4.69, 9.17) is 4.74 Å². The van der Waals surface area contributed by atoms with Gasteiger partial charge in [0.15, 0.2) is 0 Å².